The van der Waals surface area contributed by atoms with Crippen LogP contribution in [0, 0.1) is 13.8 Å². The summed E-state index contributed by atoms with van der Waals surface area (Å²) in [6.45, 7) is 6.45. The Hall–Kier alpha value is -1.39. The van der Waals surface area contributed by atoms with Gasteiger partial charge < -0.3 is 10.1 Å². The van der Waals surface area contributed by atoms with Gasteiger partial charge in [-0.15, -0.1) is 11.3 Å². The molecule has 1 aromatic carbocycles. The van der Waals surface area contributed by atoms with E-state index in [0.29, 0.717) is 0 Å². The molecular formula is C14H16N2OS. The summed E-state index contributed by atoms with van der Waals surface area (Å²) in [5.74, 6) is 0. The van der Waals surface area contributed by atoms with Crippen LogP contribution in [-0.2, 0) is 24.5 Å². The van der Waals surface area contributed by atoms with Crippen LogP contribution in [0.1, 0.15) is 26.7 Å². The number of hydrogen-bond donors (Lipinski definition) is 1. The minimum absolute atomic E-state index is 0.740. The maximum Gasteiger partial charge on any atom is 0.0900 e. The van der Waals surface area contributed by atoms with E-state index in [1.807, 2.05) is 6.92 Å². The predicted octanol–water partition coefficient (Wildman–Crippen LogP) is 3.40. The number of ether oxygens (including phenoxy) is 1. The van der Waals surface area contributed by atoms with Gasteiger partial charge in [0.1, 0.15) is 0 Å². The average Bonchev–Trinajstić information content (AvgIpc) is 2.92. The van der Waals surface area contributed by atoms with E-state index in [2.05, 4.69) is 35.4 Å². The van der Waals surface area contributed by atoms with E-state index in [9.17, 15) is 0 Å². The fourth-order valence-corrected chi connectivity index (χ4v) is 3.08. The van der Waals surface area contributed by atoms with Gasteiger partial charge in [-0.2, -0.15) is 0 Å². The van der Waals surface area contributed by atoms with Crippen molar-refractivity contribution in [1.29, 1.82) is 0 Å². The molecule has 4 heteroatoms. The van der Waals surface area contributed by atoms with Crippen molar-refractivity contribution < 1.29 is 4.74 Å². The molecule has 0 saturated heterocycles. The Morgan fingerprint density at radius 1 is 1.28 bits per heavy atom. The van der Waals surface area contributed by atoms with E-state index in [-0.39, 0.29) is 0 Å². The molecule has 2 heterocycles. The van der Waals surface area contributed by atoms with E-state index in [0.717, 1.165) is 36.1 Å². The highest BCUT2D eigenvalue weighted by Gasteiger charge is 2.11. The van der Waals surface area contributed by atoms with Crippen LogP contribution < -0.4 is 5.32 Å². The monoisotopic (exact) mass is 260 g/mol. The maximum absolute atomic E-state index is 5.42. The van der Waals surface area contributed by atoms with Gasteiger partial charge in [0.25, 0.3) is 0 Å². The van der Waals surface area contributed by atoms with Crippen LogP contribution in [0.4, 0.5) is 5.69 Å². The zero-order valence-electron chi connectivity index (χ0n) is 10.6. The summed E-state index contributed by atoms with van der Waals surface area (Å²) in [4.78, 5) is 5.75. The van der Waals surface area contributed by atoms with Gasteiger partial charge in [0.15, 0.2) is 0 Å². The average molecular weight is 260 g/mol. The summed E-state index contributed by atoms with van der Waals surface area (Å²) >= 11 is 1.76. The third-order valence-electron chi connectivity index (χ3n) is 3.17. The second-order valence-electron chi connectivity index (χ2n) is 4.57. The number of anilines is 1. The Labute approximate surface area is 111 Å². The molecule has 0 saturated carbocycles. The topological polar surface area (TPSA) is 34.2 Å². The number of nitrogens with one attached hydrogen (secondary N) is 1. The highest BCUT2D eigenvalue weighted by molar-refractivity contribution is 7.11. The van der Waals surface area contributed by atoms with Gasteiger partial charge in [-0.1, -0.05) is 6.07 Å². The van der Waals surface area contributed by atoms with Crippen molar-refractivity contribution in [3.05, 3.63) is 44.9 Å². The largest absolute Gasteiger partial charge is 0.380 e. The van der Waals surface area contributed by atoms with Crippen molar-refractivity contribution in [3.8, 4) is 0 Å². The number of aryl methyl sites for hydroxylation is 2. The van der Waals surface area contributed by atoms with Crippen molar-refractivity contribution in [3.63, 3.8) is 0 Å². The highest BCUT2D eigenvalue weighted by atomic mass is 32.1. The standard InChI is InChI=1S/C14H16N2OS/c1-9-14(18-10(2)16-9)6-15-13-4-3-11-7-17-8-12(11)5-13/h3-5,15H,6-8H2,1-2H3. The van der Waals surface area contributed by atoms with Gasteiger partial charge in [-0.25, -0.2) is 4.98 Å². The molecule has 3 nitrogen and oxygen atoms in total. The van der Waals surface area contributed by atoms with E-state index < -0.39 is 0 Å². The van der Waals surface area contributed by atoms with Crippen LogP contribution in [0.25, 0.3) is 0 Å². The van der Waals surface area contributed by atoms with Crippen LogP contribution in [0.2, 0.25) is 0 Å². The summed E-state index contributed by atoms with van der Waals surface area (Å²) in [5, 5.41) is 4.59. The SMILES string of the molecule is Cc1nc(C)c(CNc2ccc3c(c2)COC3)s1. The van der Waals surface area contributed by atoms with E-state index in [1.54, 1.807) is 11.3 Å². The molecule has 2 aromatic rings. The Bertz CT molecular complexity index is 577. The van der Waals surface area contributed by atoms with Gasteiger partial charge in [-0.05, 0) is 37.1 Å². The summed E-state index contributed by atoms with van der Waals surface area (Å²) in [6, 6.07) is 6.46. The summed E-state index contributed by atoms with van der Waals surface area (Å²) in [6.07, 6.45) is 0. The van der Waals surface area contributed by atoms with E-state index >= 15 is 0 Å². The quantitative estimate of drug-likeness (QED) is 0.918. The van der Waals surface area contributed by atoms with Gasteiger partial charge in [0.05, 0.1) is 30.5 Å². The van der Waals surface area contributed by atoms with Crippen LogP contribution in [-0.4, -0.2) is 4.98 Å². The summed E-state index contributed by atoms with van der Waals surface area (Å²) < 4.78 is 5.42. The normalized spacial score (nSPS) is 13.7. The van der Waals surface area contributed by atoms with Gasteiger partial charge in [0.2, 0.25) is 0 Å². The number of rotatable bonds is 3. The molecule has 3 rings (SSSR count). The third kappa shape index (κ3) is 2.26. The fourth-order valence-electron chi connectivity index (χ4n) is 2.20. The Kier molecular flexibility index (Phi) is 3.06. The molecule has 0 unspecified atom stereocenters. The van der Waals surface area contributed by atoms with Crippen LogP contribution in [0.15, 0.2) is 18.2 Å². The predicted molar refractivity (Wildman–Crippen MR) is 73.8 cm³/mol. The third-order valence-corrected chi connectivity index (χ3v) is 4.25. The summed E-state index contributed by atoms with van der Waals surface area (Å²) in [7, 11) is 0. The number of nitrogens with zero attached hydrogens (tertiary/aromatic N) is 1. The Balaban J connectivity index is 1.72. The van der Waals surface area contributed by atoms with Gasteiger partial charge in [-0.3, -0.25) is 0 Å². The van der Waals surface area contributed by atoms with Crippen molar-refractivity contribution >= 4 is 17.0 Å². The second kappa shape index (κ2) is 4.71. The zero-order valence-corrected chi connectivity index (χ0v) is 11.4. The number of thiazole rings is 1. The molecule has 0 atom stereocenters. The Morgan fingerprint density at radius 3 is 2.89 bits per heavy atom. The fraction of sp³-hybridized carbons (Fsp3) is 0.357. The molecule has 1 aliphatic rings. The number of aromatic nitrogens is 1. The molecule has 0 spiro atoms. The number of hydrogen-bond acceptors (Lipinski definition) is 4. The second-order valence-corrected chi connectivity index (χ2v) is 5.86. The van der Waals surface area contributed by atoms with Crippen LogP contribution in [0.3, 0.4) is 0 Å². The molecule has 0 bridgehead atoms. The van der Waals surface area contributed by atoms with Crippen LogP contribution in [0.5, 0.6) is 0 Å². The number of benzene rings is 1. The molecule has 0 fully saturated rings. The van der Waals surface area contributed by atoms with Gasteiger partial charge >= 0.3 is 0 Å². The van der Waals surface area contributed by atoms with Crippen molar-refractivity contribution in [2.45, 2.75) is 33.6 Å². The molecule has 18 heavy (non-hydrogen) atoms. The van der Waals surface area contributed by atoms with Gasteiger partial charge in [0, 0.05) is 10.6 Å². The van der Waals surface area contributed by atoms with Crippen molar-refractivity contribution in [1.82, 2.24) is 4.98 Å². The first-order chi connectivity index (χ1) is 8.72. The Morgan fingerprint density at radius 2 is 2.11 bits per heavy atom. The number of fused-ring (bicyclic) bond motifs is 1. The van der Waals surface area contributed by atoms with E-state index in [4.69, 9.17) is 4.74 Å². The summed E-state index contributed by atoms with van der Waals surface area (Å²) in [5.41, 5.74) is 4.90. The first-order valence-electron chi connectivity index (χ1n) is 6.09. The van der Waals surface area contributed by atoms with E-state index in [1.165, 1.54) is 16.0 Å². The molecule has 0 amide bonds. The molecule has 1 aliphatic heterocycles. The minimum Gasteiger partial charge on any atom is -0.380 e. The lowest BCUT2D eigenvalue weighted by Crippen LogP contribution is -1.99. The van der Waals surface area contributed by atoms with Crippen LogP contribution >= 0.6 is 11.3 Å². The lowest BCUT2D eigenvalue weighted by molar-refractivity contribution is 0.134. The van der Waals surface area contributed by atoms with Crippen molar-refractivity contribution in [2.24, 2.45) is 0 Å². The smallest absolute Gasteiger partial charge is 0.0900 e. The molecule has 0 radical (unpaired) electrons. The van der Waals surface area contributed by atoms with Crippen molar-refractivity contribution in [2.75, 3.05) is 5.32 Å². The highest BCUT2D eigenvalue weighted by Crippen LogP contribution is 2.24. The lowest BCUT2D eigenvalue weighted by Gasteiger charge is -2.07. The lowest BCUT2D eigenvalue weighted by atomic mass is 10.1. The first kappa shape index (κ1) is 11.7. The maximum atomic E-state index is 5.42. The molecule has 1 N–H and O–H groups in total. The zero-order chi connectivity index (χ0) is 12.5. The first-order valence-corrected chi connectivity index (χ1v) is 6.90. The molecule has 0 aliphatic carbocycles. The molecular weight excluding hydrogens is 244 g/mol. The molecule has 1 aromatic heterocycles. The molecule has 94 valence electrons. The minimum atomic E-state index is 0.740.